The van der Waals surface area contributed by atoms with Crippen molar-refractivity contribution in [3.63, 3.8) is 0 Å². The van der Waals surface area contributed by atoms with Gasteiger partial charge in [0.15, 0.2) is 0 Å². The number of aromatic amines is 2. The summed E-state index contributed by atoms with van der Waals surface area (Å²) in [5, 5.41) is 11.4. The van der Waals surface area contributed by atoms with Gasteiger partial charge in [-0.05, 0) is 59.9 Å². The molecule has 0 aliphatic rings. The van der Waals surface area contributed by atoms with Crippen LogP contribution in [-0.4, -0.2) is 36.0 Å². The quantitative estimate of drug-likeness (QED) is 0.220. The van der Waals surface area contributed by atoms with Crippen molar-refractivity contribution >= 4 is 33.5 Å². The van der Waals surface area contributed by atoms with Crippen LogP contribution in [0.15, 0.2) is 67.3 Å². The zero-order valence-corrected chi connectivity index (χ0v) is 22.6. The minimum atomic E-state index is -0.287. The van der Waals surface area contributed by atoms with Crippen molar-refractivity contribution in [1.29, 1.82) is 0 Å². The number of aromatic nitrogens is 6. The molecule has 0 aliphatic heterocycles. The molecular formula is C31H28FN7O. The number of halogens is 1. The molecule has 0 atom stereocenters. The third-order valence-corrected chi connectivity index (χ3v) is 6.57. The Morgan fingerprint density at radius 1 is 0.950 bits per heavy atom. The fourth-order valence-corrected chi connectivity index (χ4v) is 4.88. The van der Waals surface area contributed by atoms with E-state index in [-0.39, 0.29) is 17.1 Å². The Morgan fingerprint density at radius 3 is 2.58 bits per heavy atom. The number of anilines is 1. The fourth-order valence-electron chi connectivity index (χ4n) is 4.88. The molecule has 6 rings (SSSR count). The topological polar surface area (TPSA) is 112 Å². The van der Waals surface area contributed by atoms with E-state index >= 15 is 0 Å². The van der Waals surface area contributed by atoms with Crippen LogP contribution in [0.2, 0.25) is 0 Å². The molecule has 1 amide bonds. The van der Waals surface area contributed by atoms with Gasteiger partial charge in [-0.15, -0.1) is 0 Å². The van der Waals surface area contributed by atoms with E-state index in [1.54, 1.807) is 24.8 Å². The number of amides is 1. The Morgan fingerprint density at radius 2 is 1.77 bits per heavy atom. The normalized spacial score (nSPS) is 11.8. The minimum Gasteiger partial charge on any atom is -0.352 e. The largest absolute Gasteiger partial charge is 0.352 e. The summed E-state index contributed by atoms with van der Waals surface area (Å²) in [6, 6.07) is 12.6. The summed E-state index contributed by atoms with van der Waals surface area (Å²) in [7, 11) is 0. The van der Waals surface area contributed by atoms with Gasteiger partial charge in [0.2, 0.25) is 5.91 Å². The number of nitrogens with one attached hydrogen (secondary N) is 3. The maximum absolute atomic E-state index is 14.2. The molecule has 0 fully saturated rings. The Bertz CT molecular complexity index is 1880. The Balaban J connectivity index is 1.37. The van der Waals surface area contributed by atoms with E-state index in [0.29, 0.717) is 29.0 Å². The second-order valence-electron chi connectivity index (χ2n) is 11.3. The van der Waals surface area contributed by atoms with Crippen LogP contribution in [-0.2, 0) is 4.79 Å². The number of carbonyl (C=O) groups is 1. The van der Waals surface area contributed by atoms with Crippen molar-refractivity contribution in [1.82, 2.24) is 30.1 Å². The van der Waals surface area contributed by atoms with E-state index in [1.807, 2.05) is 58.0 Å². The number of rotatable bonds is 5. The number of hydrogen-bond acceptors (Lipinski definition) is 5. The molecule has 0 saturated heterocycles. The Hall–Kier alpha value is -4.92. The maximum Gasteiger partial charge on any atom is 0.224 e. The molecule has 9 heteroatoms. The first kappa shape index (κ1) is 25.4. The predicted molar refractivity (Wildman–Crippen MR) is 155 cm³/mol. The van der Waals surface area contributed by atoms with Gasteiger partial charge < -0.3 is 10.3 Å². The van der Waals surface area contributed by atoms with E-state index in [0.717, 1.165) is 44.4 Å². The Labute approximate surface area is 230 Å². The van der Waals surface area contributed by atoms with E-state index in [1.165, 1.54) is 12.1 Å². The van der Waals surface area contributed by atoms with Crippen molar-refractivity contribution in [2.45, 2.75) is 34.1 Å². The number of fused-ring (bicyclic) bond motifs is 2. The Kier molecular flexibility index (Phi) is 6.14. The lowest BCUT2D eigenvalue weighted by molar-refractivity contribution is -0.117. The molecule has 0 spiro atoms. The zero-order valence-electron chi connectivity index (χ0n) is 22.6. The molecule has 0 radical (unpaired) electrons. The van der Waals surface area contributed by atoms with Crippen LogP contribution in [0.3, 0.4) is 0 Å². The molecule has 3 N–H and O–H groups in total. The van der Waals surface area contributed by atoms with Crippen molar-refractivity contribution < 1.29 is 9.18 Å². The molecule has 8 nitrogen and oxygen atoms in total. The van der Waals surface area contributed by atoms with Gasteiger partial charge in [-0.1, -0.05) is 26.8 Å². The molecule has 0 saturated carbocycles. The first-order valence-electron chi connectivity index (χ1n) is 13.0. The summed E-state index contributed by atoms with van der Waals surface area (Å²) in [5.74, 6) is -0.349. The average molecular weight is 534 g/mol. The molecule has 1 aromatic carbocycles. The van der Waals surface area contributed by atoms with Crippen LogP contribution < -0.4 is 5.32 Å². The summed E-state index contributed by atoms with van der Waals surface area (Å²) in [6.07, 6.45) is 7.23. The fraction of sp³-hybridized carbons (Fsp3) is 0.194. The van der Waals surface area contributed by atoms with E-state index < -0.39 is 0 Å². The third-order valence-electron chi connectivity index (χ3n) is 6.57. The van der Waals surface area contributed by atoms with Gasteiger partial charge in [0.25, 0.3) is 0 Å². The minimum absolute atomic E-state index is 0.0620. The van der Waals surface area contributed by atoms with Gasteiger partial charge in [-0.3, -0.25) is 19.9 Å². The molecule has 0 aliphatic carbocycles. The highest BCUT2D eigenvalue weighted by atomic mass is 19.1. The molecule has 6 aromatic rings. The lowest BCUT2D eigenvalue weighted by Gasteiger charge is -2.17. The number of H-pyrrole nitrogens is 2. The van der Waals surface area contributed by atoms with Gasteiger partial charge in [0, 0.05) is 35.3 Å². The van der Waals surface area contributed by atoms with Crippen LogP contribution in [0.1, 0.15) is 32.8 Å². The summed E-state index contributed by atoms with van der Waals surface area (Å²) in [6.45, 7) is 7.94. The predicted octanol–water partition coefficient (Wildman–Crippen LogP) is 7.05. The first-order chi connectivity index (χ1) is 19.1. The van der Waals surface area contributed by atoms with E-state index in [2.05, 4.69) is 30.5 Å². The number of pyridine rings is 3. The van der Waals surface area contributed by atoms with Gasteiger partial charge in [0.05, 0.1) is 40.5 Å². The number of hydrogen-bond donors (Lipinski definition) is 3. The summed E-state index contributed by atoms with van der Waals surface area (Å²) < 4.78 is 14.2. The van der Waals surface area contributed by atoms with Gasteiger partial charge in [-0.2, -0.15) is 5.10 Å². The van der Waals surface area contributed by atoms with Crippen LogP contribution >= 0.6 is 0 Å². The lowest BCUT2D eigenvalue weighted by atomic mass is 9.92. The third kappa shape index (κ3) is 5.05. The van der Waals surface area contributed by atoms with Crippen LogP contribution in [0.25, 0.3) is 55.7 Å². The summed E-state index contributed by atoms with van der Waals surface area (Å²) in [5.41, 5.74) is 8.07. The summed E-state index contributed by atoms with van der Waals surface area (Å²) in [4.78, 5) is 29.4. The first-order valence-corrected chi connectivity index (χ1v) is 13.0. The van der Waals surface area contributed by atoms with Crippen LogP contribution in [0.4, 0.5) is 10.1 Å². The maximum atomic E-state index is 14.2. The SMILES string of the molecule is Cc1cc(F)cc(-c2cncc3[nH]c(-c4n[nH]c5ccc(-c6cncc(NC(=O)CC(C)(C)C)c6)nc45)cc23)c1. The van der Waals surface area contributed by atoms with Crippen molar-refractivity contribution in [3.8, 4) is 33.8 Å². The highest BCUT2D eigenvalue weighted by Gasteiger charge is 2.18. The lowest BCUT2D eigenvalue weighted by Crippen LogP contribution is -2.19. The molecule has 5 heterocycles. The van der Waals surface area contributed by atoms with Crippen molar-refractivity contribution in [2.24, 2.45) is 5.41 Å². The van der Waals surface area contributed by atoms with Crippen LogP contribution in [0, 0.1) is 18.2 Å². The number of benzene rings is 1. The molecular weight excluding hydrogens is 505 g/mol. The standard InChI is InChI=1S/C31H28FN7O/c1-17-7-18(9-20(32)8-17)23-15-34-16-27-22(23)11-26(36-27)30-29-25(38-39-30)6-5-24(37-29)19-10-21(14-33-13-19)35-28(40)12-31(2,3)4/h5-11,13-16,36H,12H2,1-4H3,(H,35,40)(H,38,39). The highest BCUT2D eigenvalue weighted by molar-refractivity contribution is 6.00. The highest BCUT2D eigenvalue weighted by Crippen LogP contribution is 2.34. The number of carbonyl (C=O) groups excluding carboxylic acids is 1. The molecule has 5 aromatic heterocycles. The number of nitrogens with zero attached hydrogens (tertiary/aromatic N) is 4. The van der Waals surface area contributed by atoms with Gasteiger partial charge in [0.1, 0.15) is 17.0 Å². The van der Waals surface area contributed by atoms with Crippen LogP contribution in [0.5, 0.6) is 0 Å². The van der Waals surface area contributed by atoms with Gasteiger partial charge in [-0.25, -0.2) is 9.37 Å². The van der Waals surface area contributed by atoms with Crippen molar-refractivity contribution in [2.75, 3.05) is 5.32 Å². The molecule has 40 heavy (non-hydrogen) atoms. The molecule has 0 unspecified atom stereocenters. The average Bonchev–Trinajstić information content (AvgIpc) is 3.50. The zero-order chi connectivity index (χ0) is 28.0. The van der Waals surface area contributed by atoms with E-state index in [4.69, 9.17) is 4.98 Å². The monoisotopic (exact) mass is 533 g/mol. The second kappa shape index (κ2) is 9.68. The van der Waals surface area contributed by atoms with E-state index in [9.17, 15) is 9.18 Å². The molecule has 0 bridgehead atoms. The van der Waals surface area contributed by atoms with Crippen molar-refractivity contribution in [3.05, 3.63) is 78.6 Å². The smallest absolute Gasteiger partial charge is 0.224 e. The second-order valence-corrected chi connectivity index (χ2v) is 11.3. The number of aryl methyl sites for hydroxylation is 1. The molecule has 200 valence electrons. The summed E-state index contributed by atoms with van der Waals surface area (Å²) >= 11 is 0. The van der Waals surface area contributed by atoms with Gasteiger partial charge >= 0.3 is 0 Å².